The highest BCUT2D eigenvalue weighted by Gasteiger charge is 2.46. The molecule has 4 aromatic rings. The van der Waals surface area contributed by atoms with Crippen molar-refractivity contribution in [1.29, 1.82) is 0 Å². The molecule has 0 saturated carbocycles. The number of esters is 2. The summed E-state index contributed by atoms with van der Waals surface area (Å²) in [4.78, 5) is 45.2. The summed E-state index contributed by atoms with van der Waals surface area (Å²) in [6, 6.07) is 26.7. The third-order valence-corrected chi connectivity index (χ3v) is 11.2. The average molecular weight is 791 g/mol. The second-order valence-corrected chi connectivity index (χ2v) is 15.4. The number of rotatable bonds is 12. The van der Waals surface area contributed by atoms with Crippen LogP contribution in [0, 0.1) is 0 Å². The Hall–Kier alpha value is -5.86. The number of hydrogen-bond acceptors (Lipinski definition) is 14. The van der Waals surface area contributed by atoms with Crippen molar-refractivity contribution >= 4 is 23.6 Å². The topological polar surface area (TPSA) is 128 Å². The summed E-state index contributed by atoms with van der Waals surface area (Å²) in [7, 11) is 0. The molecule has 8 rings (SSSR count). The number of aromatic nitrogens is 2. The largest absolute Gasteiger partial charge is 0.485 e. The number of fused-ring (bicyclic) bond motifs is 2. The first-order valence-corrected chi connectivity index (χ1v) is 19.9. The molecule has 6 heterocycles. The highest BCUT2D eigenvalue weighted by Crippen LogP contribution is 2.38. The lowest BCUT2D eigenvalue weighted by Crippen LogP contribution is -2.59. The standard InChI is InChI=1S/C44H50N6O8/c1-43(31-53-33-11-3-5-13-35(33)57-43)37(29-47-21-25-49(26-22-47)39-15-7-9-19-45-39)55-41(51)17-18-42(52)56-38(44(2)32-54-34-12-4-6-14-36(34)58-44)30-48-23-27-50(28-24-48)40-16-8-10-20-46-40/h3-20,37-38H,21-32H2,1-2H3/b18-17-. The fourth-order valence-electron chi connectivity index (χ4n) is 7.70. The van der Waals surface area contributed by atoms with E-state index in [1.54, 1.807) is 12.4 Å². The Morgan fingerprint density at radius 1 is 0.586 bits per heavy atom. The van der Waals surface area contributed by atoms with Crippen LogP contribution >= 0.6 is 0 Å². The summed E-state index contributed by atoms with van der Waals surface area (Å²) in [6.45, 7) is 10.9. The Kier molecular flexibility index (Phi) is 11.6. The number of hydrogen-bond donors (Lipinski definition) is 0. The molecule has 0 amide bonds. The maximum absolute atomic E-state index is 13.6. The van der Waals surface area contributed by atoms with E-state index in [4.69, 9.17) is 28.4 Å². The molecule has 4 unspecified atom stereocenters. The lowest BCUT2D eigenvalue weighted by Gasteiger charge is -2.43. The maximum Gasteiger partial charge on any atom is 0.331 e. The first kappa shape index (κ1) is 39.0. The third kappa shape index (κ3) is 9.13. The zero-order valence-electron chi connectivity index (χ0n) is 33.0. The number of pyridine rings is 2. The van der Waals surface area contributed by atoms with Crippen LogP contribution in [0.1, 0.15) is 13.8 Å². The molecule has 14 heteroatoms. The summed E-state index contributed by atoms with van der Waals surface area (Å²) >= 11 is 0. The minimum atomic E-state index is -1.01. The number of ether oxygens (including phenoxy) is 6. The van der Waals surface area contributed by atoms with E-state index in [0.717, 1.165) is 76.1 Å². The highest BCUT2D eigenvalue weighted by atomic mass is 16.6. The van der Waals surface area contributed by atoms with Crippen LogP contribution in [0.5, 0.6) is 23.0 Å². The molecule has 0 aliphatic carbocycles. The van der Waals surface area contributed by atoms with Gasteiger partial charge in [0.25, 0.3) is 0 Å². The van der Waals surface area contributed by atoms with Gasteiger partial charge in [0.1, 0.15) is 24.8 Å². The molecule has 0 spiro atoms. The van der Waals surface area contributed by atoms with E-state index in [1.165, 1.54) is 0 Å². The van der Waals surface area contributed by atoms with Crippen molar-refractivity contribution in [2.24, 2.45) is 0 Å². The molecule has 14 nitrogen and oxygen atoms in total. The van der Waals surface area contributed by atoms with Crippen LogP contribution in [0.3, 0.4) is 0 Å². The van der Waals surface area contributed by atoms with Crippen molar-refractivity contribution in [1.82, 2.24) is 19.8 Å². The van der Waals surface area contributed by atoms with Crippen molar-refractivity contribution in [2.75, 3.05) is 88.5 Å². The van der Waals surface area contributed by atoms with Crippen LogP contribution in [0.15, 0.2) is 109 Å². The average Bonchev–Trinajstić information content (AvgIpc) is 3.26. The number of piperazine rings is 2. The van der Waals surface area contributed by atoms with Crippen molar-refractivity contribution in [3.05, 3.63) is 109 Å². The molecular weight excluding hydrogens is 741 g/mol. The van der Waals surface area contributed by atoms with E-state index in [2.05, 4.69) is 29.6 Å². The zero-order valence-corrected chi connectivity index (χ0v) is 33.0. The molecular formula is C44H50N6O8. The van der Waals surface area contributed by atoms with Crippen molar-refractivity contribution in [2.45, 2.75) is 37.3 Å². The minimum Gasteiger partial charge on any atom is -0.485 e. The van der Waals surface area contributed by atoms with Gasteiger partial charge in [0, 0.05) is 90.0 Å². The number of carbonyl (C=O) groups is 2. The molecule has 2 aromatic heterocycles. The Balaban J connectivity index is 0.941. The minimum absolute atomic E-state index is 0.170. The van der Waals surface area contributed by atoms with Gasteiger partial charge in [0.05, 0.1) is 0 Å². The van der Waals surface area contributed by atoms with Crippen LogP contribution in [0.2, 0.25) is 0 Å². The molecule has 304 valence electrons. The molecule has 4 aliphatic rings. The van der Waals surface area contributed by atoms with Crippen molar-refractivity contribution in [3.63, 3.8) is 0 Å². The quantitative estimate of drug-likeness (QED) is 0.150. The molecule has 2 aromatic carbocycles. The van der Waals surface area contributed by atoms with E-state index < -0.39 is 35.3 Å². The van der Waals surface area contributed by atoms with Crippen LogP contribution in [-0.2, 0) is 19.1 Å². The van der Waals surface area contributed by atoms with Gasteiger partial charge < -0.3 is 38.2 Å². The second kappa shape index (κ2) is 17.3. The van der Waals surface area contributed by atoms with Gasteiger partial charge in [-0.25, -0.2) is 19.6 Å². The van der Waals surface area contributed by atoms with Gasteiger partial charge in [-0.2, -0.15) is 0 Å². The van der Waals surface area contributed by atoms with Crippen LogP contribution < -0.4 is 28.7 Å². The lowest BCUT2D eigenvalue weighted by atomic mass is 9.97. The molecule has 2 fully saturated rings. The predicted molar refractivity (Wildman–Crippen MR) is 217 cm³/mol. The first-order chi connectivity index (χ1) is 28.2. The summed E-state index contributed by atoms with van der Waals surface area (Å²) in [5.41, 5.74) is -2.02. The summed E-state index contributed by atoms with van der Waals surface area (Å²) in [6.07, 6.45) is 4.36. The van der Waals surface area contributed by atoms with E-state index in [0.29, 0.717) is 36.1 Å². The Labute approximate surface area is 338 Å². The zero-order chi connectivity index (χ0) is 40.0. The number of anilines is 2. The summed E-state index contributed by atoms with van der Waals surface area (Å²) < 4.78 is 37.5. The Morgan fingerprint density at radius 2 is 0.966 bits per heavy atom. The Bertz CT molecular complexity index is 1900. The van der Waals surface area contributed by atoms with Crippen molar-refractivity contribution in [3.8, 4) is 23.0 Å². The number of benzene rings is 2. The number of nitrogens with zero attached hydrogens (tertiary/aromatic N) is 6. The van der Waals surface area contributed by atoms with Gasteiger partial charge in [-0.05, 0) is 62.4 Å². The molecule has 4 aliphatic heterocycles. The van der Waals surface area contributed by atoms with E-state index in [1.807, 2.05) is 98.8 Å². The fourth-order valence-corrected chi connectivity index (χ4v) is 7.70. The number of carbonyl (C=O) groups excluding carboxylic acids is 2. The van der Waals surface area contributed by atoms with Crippen LogP contribution in [0.25, 0.3) is 0 Å². The summed E-state index contributed by atoms with van der Waals surface area (Å²) in [5, 5.41) is 0. The normalized spacial score (nSPS) is 23.2. The SMILES string of the molecule is CC1(C(CN2CCN(c3ccccn3)CC2)OC(=O)/C=C\C(=O)OC(CN2CCN(c3ccccn3)CC2)C2(C)COc3ccccc3O2)COc2ccccc2O1. The van der Waals surface area contributed by atoms with E-state index in [-0.39, 0.29) is 13.2 Å². The molecule has 2 saturated heterocycles. The van der Waals surface area contributed by atoms with Gasteiger partial charge in [-0.1, -0.05) is 36.4 Å². The van der Waals surface area contributed by atoms with Gasteiger partial charge >= 0.3 is 11.9 Å². The van der Waals surface area contributed by atoms with E-state index in [9.17, 15) is 9.59 Å². The smallest absolute Gasteiger partial charge is 0.331 e. The molecule has 0 bridgehead atoms. The third-order valence-electron chi connectivity index (χ3n) is 11.2. The molecule has 58 heavy (non-hydrogen) atoms. The predicted octanol–water partition coefficient (Wildman–Crippen LogP) is 4.26. The van der Waals surface area contributed by atoms with Crippen molar-refractivity contribution < 1.29 is 38.0 Å². The van der Waals surface area contributed by atoms with Crippen LogP contribution in [0.4, 0.5) is 11.6 Å². The summed E-state index contributed by atoms with van der Waals surface area (Å²) in [5.74, 6) is 2.88. The van der Waals surface area contributed by atoms with E-state index >= 15 is 0 Å². The van der Waals surface area contributed by atoms with Gasteiger partial charge in [-0.15, -0.1) is 0 Å². The van der Waals surface area contributed by atoms with Gasteiger partial charge in [-0.3, -0.25) is 9.80 Å². The molecule has 4 atom stereocenters. The first-order valence-electron chi connectivity index (χ1n) is 19.9. The van der Waals surface area contributed by atoms with Crippen LogP contribution in [-0.4, -0.2) is 134 Å². The van der Waals surface area contributed by atoms with Gasteiger partial charge in [0.2, 0.25) is 0 Å². The number of para-hydroxylation sites is 4. The highest BCUT2D eigenvalue weighted by molar-refractivity contribution is 5.91. The Morgan fingerprint density at radius 3 is 1.34 bits per heavy atom. The second-order valence-electron chi connectivity index (χ2n) is 15.4. The van der Waals surface area contributed by atoms with Gasteiger partial charge in [0.15, 0.2) is 46.4 Å². The monoisotopic (exact) mass is 790 g/mol. The maximum atomic E-state index is 13.6. The fraction of sp³-hybridized carbons (Fsp3) is 0.409. The lowest BCUT2D eigenvalue weighted by molar-refractivity contribution is -0.165. The molecule has 0 N–H and O–H groups in total. The molecule has 0 radical (unpaired) electrons.